The summed E-state index contributed by atoms with van der Waals surface area (Å²) in [6, 6.07) is 7.28. The van der Waals surface area contributed by atoms with Gasteiger partial charge in [-0.1, -0.05) is 0 Å². The van der Waals surface area contributed by atoms with E-state index in [0.29, 0.717) is 5.69 Å². The molecule has 0 aliphatic heterocycles. The number of sulfonamides is 1. The fraction of sp³-hybridized carbons (Fsp3) is 0.333. The zero-order valence-electron chi connectivity index (χ0n) is 13.3. The molecule has 0 aliphatic carbocycles. The summed E-state index contributed by atoms with van der Waals surface area (Å²) in [5, 5.41) is 2.68. The van der Waals surface area contributed by atoms with Crippen LogP contribution in [-0.4, -0.2) is 36.7 Å². The standard InChI is InChI=1S/C15H20N4O3S/c1-11-12(2)19(10-17-11)14-6-4-13(5-7-14)18-15(20)8-9-23(21,22)16-3/h4-7,10,16H,8-9H2,1-3H3,(H,18,20). The topological polar surface area (TPSA) is 93.1 Å². The fourth-order valence-corrected chi connectivity index (χ4v) is 2.68. The quantitative estimate of drug-likeness (QED) is 0.833. The van der Waals surface area contributed by atoms with E-state index in [2.05, 4.69) is 15.0 Å². The van der Waals surface area contributed by atoms with E-state index >= 15 is 0 Å². The largest absolute Gasteiger partial charge is 0.326 e. The van der Waals surface area contributed by atoms with E-state index < -0.39 is 10.0 Å². The van der Waals surface area contributed by atoms with Crippen LogP contribution in [0.3, 0.4) is 0 Å². The number of hydrogen-bond acceptors (Lipinski definition) is 4. The van der Waals surface area contributed by atoms with E-state index in [1.807, 2.05) is 30.5 Å². The second kappa shape index (κ2) is 6.93. The summed E-state index contributed by atoms with van der Waals surface area (Å²) >= 11 is 0. The highest BCUT2D eigenvalue weighted by atomic mass is 32.2. The van der Waals surface area contributed by atoms with Gasteiger partial charge in [-0.05, 0) is 45.2 Å². The maximum absolute atomic E-state index is 11.8. The number of imidazole rings is 1. The summed E-state index contributed by atoms with van der Waals surface area (Å²) in [7, 11) is -2.05. The van der Waals surface area contributed by atoms with Gasteiger partial charge in [-0.2, -0.15) is 0 Å². The molecule has 0 saturated heterocycles. The van der Waals surface area contributed by atoms with Gasteiger partial charge in [-0.25, -0.2) is 18.1 Å². The molecule has 1 amide bonds. The molecule has 2 rings (SSSR count). The molecule has 8 heteroatoms. The number of carbonyl (C=O) groups is 1. The van der Waals surface area contributed by atoms with Gasteiger partial charge < -0.3 is 9.88 Å². The maximum atomic E-state index is 11.8. The third-order valence-electron chi connectivity index (χ3n) is 3.59. The van der Waals surface area contributed by atoms with Gasteiger partial charge in [0.15, 0.2) is 0 Å². The Labute approximate surface area is 135 Å². The van der Waals surface area contributed by atoms with Crippen molar-refractivity contribution in [3.63, 3.8) is 0 Å². The molecule has 0 atom stereocenters. The molecular formula is C15H20N4O3S. The summed E-state index contributed by atoms with van der Waals surface area (Å²) in [6.45, 7) is 3.93. The number of benzene rings is 1. The van der Waals surface area contributed by atoms with Crippen molar-refractivity contribution >= 4 is 21.6 Å². The third-order valence-corrected chi connectivity index (χ3v) is 4.95. The Bertz CT molecular complexity index is 795. The monoisotopic (exact) mass is 336 g/mol. The summed E-state index contributed by atoms with van der Waals surface area (Å²) in [5.74, 6) is -0.577. The number of aromatic nitrogens is 2. The first kappa shape index (κ1) is 17.2. The van der Waals surface area contributed by atoms with Gasteiger partial charge in [0.2, 0.25) is 15.9 Å². The zero-order valence-corrected chi connectivity index (χ0v) is 14.1. The molecule has 23 heavy (non-hydrogen) atoms. The normalized spacial score (nSPS) is 11.4. The molecule has 2 aromatic rings. The van der Waals surface area contributed by atoms with Gasteiger partial charge in [0, 0.05) is 23.5 Å². The molecule has 1 aromatic carbocycles. The summed E-state index contributed by atoms with van der Waals surface area (Å²) in [4.78, 5) is 16.0. The lowest BCUT2D eigenvalue weighted by molar-refractivity contribution is -0.115. The average molecular weight is 336 g/mol. The highest BCUT2D eigenvalue weighted by Gasteiger charge is 2.11. The first-order valence-electron chi connectivity index (χ1n) is 7.14. The Morgan fingerprint density at radius 1 is 1.22 bits per heavy atom. The van der Waals surface area contributed by atoms with Crippen molar-refractivity contribution in [1.29, 1.82) is 0 Å². The highest BCUT2D eigenvalue weighted by molar-refractivity contribution is 7.89. The van der Waals surface area contributed by atoms with Crippen molar-refractivity contribution in [3.8, 4) is 5.69 Å². The fourth-order valence-electron chi connectivity index (χ4n) is 2.02. The van der Waals surface area contributed by atoms with E-state index in [1.54, 1.807) is 18.5 Å². The Hall–Kier alpha value is -2.19. The van der Waals surface area contributed by atoms with Gasteiger partial charge in [0.25, 0.3) is 0 Å². The van der Waals surface area contributed by atoms with Crippen LogP contribution in [0, 0.1) is 13.8 Å². The molecule has 0 unspecified atom stereocenters. The first-order chi connectivity index (χ1) is 10.8. The summed E-state index contributed by atoms with van der Waals surface area (Å²) in [6.07, 6.45) is 1.66. The van der Waals surface area contributed by atoms with Crippen LogP contribution in [-0.2, 0) is 14.8 Å². The van der Waals surface area contributed by atoms with Crippen molar-refractivity contribution in [2.24, 2.45) is 0 Å². The van der Waals surface area contributed by atoms with E-state index in [4.69, 9.17) is 0 Å². The van der Waals surface area contributed by atoms with Crippen LogP contribution in [0.25, 0.3) is 5.69 Å². The lowest BCUT2D eigenvalue weighted by Gasteiger charge is -2.08. The van der Waals surface area contributed by atoms with Crippen LogP contribution in [0.2, 0.25) is 0 Å². The number of aryl methyl sites for hydroxylation is 1. The van der Waals surface area contributed by atoms with Crippen molar-refractivity contribution in [2.75, 3.05) is 18.1 Å². The van der Waals surface area contributed by atoms with Gasteiger partial charge in [-0.15, -0.1) is 0 Å². The summed E-state index contributed by atoms with van der Waals surface area (Å²) in [5.41, 5.74) is 3.58. The molecule has 0 fully saturated rings. The summed E-state index contributed by atoms with van der Waals surface area (Å²) < 4.78 is 26.7. The maximum Gasteiger partial charge on any atom is 0.225 e. The number of hydrogen-bond donors (Lipinski definition) is 2. The molecule has 0 saturated carbocycles. The number of amides is 1. The first-order valence-corrected chi connectivity index (χ1v) is 8.79. The van der Waals surface area contributed by atoms with Crippen LogP contribution >= 0.6 is 0 Å². The second-order valence-corrected chi connectivity index (χ2v) is 7.20. The van der Waals surface area contributed by atoms with Gasteiger partial charge in [-0.3, -0.25) is 4.79 Å². The molecule has 0 spiro atoms. The molecule has 124 valence electrons. The predicted molar refractivity (Wildman–Crippen MR) is 89.1 cm³/mol. The minimum Gasteiger partial charge on any atom is -0.326 e. The number of rotatable bonds is 6. The van der Waals surface area contributed by atoms with E-state index in [-0.39, 0.29) is 18.1 Å². The molecule has 1 aromatic heterocycles. The van der Waals surface area contributed by atoms with Gasteiger partial charge >= 0.3 is 0 Å². The van der Waals surface area contributed by atoms with Crippen LogP contribution < -0.4 is 10.0 Å². The van der Waals surface area contributed by atoms with Crippen LogP contribution in [0.15, 0.2) is 30.6 Å². The molecule has 0 bridgehead atoms. The average Bonchev–Trinajstić information content (AvgIpc) is 2.86. The van der Waals surface area contributed by atoms with Crippen LogP contribution in [0.1, 0.15) is 17.8 Å². The highest BCUT2D eigenvalue weighted by Crippen LogP contribution is 2.16. The lowest BCUT2D eigenvalue weighted by atomic mass is 10.2. The van der Waals surface area contributed by atoms with Crippen molar-refractivity contribution < 1.29 is 13.2 Å². The van der Waals surface area contributed by atoms with Crippen molar-refractivity contribution in [2.45, 2.75) is 20.3 Å². The van der Waals surface area contributed by atoms with Gasteiger partial charge in [0.05, 0.1) is 17.8 Å². The van der Waals surface area contributed by atoms with E-state index in [0.717, 1.165) is 17.1 Å². The molecule has 7 nitrogen and oxygen atoms in total. The number of nitrogens with one attached hydrogen (secondary N) is 2. The molecule has 2 N–H and O–H groups in total. The third kappa shape index (κ3) is 4.40. The van der Waals surface area contributed by atoms with E-state index in [9.17, 15) is 13.2 Å². The smallest absolute Gasteiger partial charge is 0.225 e. The molecular weight excluding hydrogens is 316 g/mol. The Morgan fingerprint density at radius 2 is 1.87 bits per heavy atom. The molecule has 1 heterocycles. The van der Waals surface area contributed by atoms with Crippen molar-refractivity contribution in [1.82, 2.24) is 14.3 Å². The Morgan fingerprint density at radius 3 is 2.39 bits per heavy atom. The minimum atomic E-state index is -3.37. The second-order valence-electron chi connectivity index (χ2n) is 5.15. The minimum absolute atomic E-state index is 0.0925. The lowest BCUT2D eigenvalue weighted by Crippen LogP contribution is -2.25. The van der Waals surface area contributed by atoms with Gasteiger partial charge in [0.1, 0.15) is 0 Å². The van der Waals surface area contributed by atoms with E-state index in [1.165, 1.54) is 7.05 Å². The number of nitrogens with zero attached hydrogens (tertiary/aromatic N) is 2. The van der Waals surface area contributed by atoms with Crippen molar-refractivity contribution in [3.05, 3.63) is 42.0 Å². The SMILES string of the molecule is CNS(=O)(=O)CCC(=O)Nc1ccc(-n2cnc(C)c2C)cc1. The molecule has 0 aliphatic rings. The van der Waals surface area contributed by atoms with Crippen LogP contribution in [0.5, 0.6) is 0 Å². The number of anilines is 1. The zero-order chi connectivity index (χ0) is 17.0. The Kier molecular flexibility index (Phi) is 5.17. The van der Waals surface area contributed by atoms with Crippen LogP contribution in [0.4, 0.5) is 5.69 Å². The molecule has 0 radical (unpaired) electrons. The number of carbonyl (C=O) groups excluding carboxylic acids is 1. The Balaban J connectivity index is 2.00. The predicted octanol–water partition coefficient (Wildman–Crippen LogP) is 1.37.